The van der Waals surface area contributed by atoms with E-state index in [0.29, 0.717) is 0 Å². The van der Waals surface area contributed by atoms with Gasteiger partial charge in [-0.25, -0.2) is 8.42 Å². The zero-order chi connectivity index (χ0) is 24.8. The first-order chi connectivity index (χ1) is 15.8. The van der Waals surface area contributed by atoms with Crippen molar-refractivity contribution < 1.29 is 31.1 Å². The number of thiophene rings is 1. The molecule has 1 aliphatic heterocycles. The number of carbonyl (C=O) groups excluding carboxylic acids is 1. The van der Waals surface area contributed by atoms with E-state index in [1.54, 1.807) is 11.3 Å². The van der Waals surface area contributed by atoms with Crippen molar-refractivity contribution in [1.82, 2.24) is 4.90 Å². The summed E-state index contributed by atoms with van der Waals surface area (Å²) in [5.41, 5.74) is 3.82. The van der Waals surface area contributed by atoms with Crippen LogP contribution in [0.15, 0.2) is 52.7 Å². The molecule has 2 aromatic carbocycles. The van der Waals surface area contributed by atoms with E-state index < -0.39 is 28.0 Å². The lowest BCUT2D eigenvalue weighted by molar-refractivity contribution is -0.189. The number of carbonyl (C=O) groups is 1. The number of rotatable bonds is 5. The number of sulfone groups is 1. The smallest absolute Gasteiger partial charge is 0.425 e. The Morgan fingerprint density at radius 2 is 1.79 bits per heavy atom. The number of nitrogens with zero attached hydrogens (tertiary/aromatic N) is 1. The largest absolute Gasteiger partial charge is 0.480 e. The van der Waals surface area contributed by atoms with Gasteiger partial charge in [0.1, 0.15) is 5.75 Å². The average molecular weight is 510 g/mol. The van der Waals surface area contributed by atoms with E-state index >= 15 is 0 Å². The normalized spacial score (nSPS) is 14.7. The summed E-state index contributed by atoms with van der Waals surface area (Å²) in [4.78, 5) is 15.8. The number of hydrogen-bond acceptors (Lipinski definition) is 5. The Balaban J connectivity index is 1.66. The van der Waals surface area contributed by atoms with Crippen LogP contribution in [0.2, 0.25) is 0 Å². The zero-order valence-corrected chi connectivity index (χ0v) is 20.3. The highest BCUT2D eigenvalue weighted by Gasteiger charge is 2.39. The van der Waals surface area contributed by atoms with Crippen molar-refractivity contribution in [2.45, 2.75) is 44.1 Å². The summed E-state index contributed by atoms with van der Waals surface area (Å²) in [6, 6.07) is 11.3. The molecule has 0 unspecified atom stereocenters. The molecule has 34 heavy (non-hydrogen) atoms. The molecule has 0 saturated carbocycles. The predicted molar refractivity (Wildman–Crippen MR) is 124 cm³/mol. The van der Waals surface area contributed by atoms with Crippen LogP contribution < -0.4 is 4.74 Å². The molecule has 4 rings (SSSR count). The summed E-state index contributed by atoms with van der Waals surface area (Å²) >= 11 is 1.62. The molecule has 3 aromatic rings. The topological polar surface area (TPSA) is 63.7 Å². The van der Waals surface area contributed by atoms with Crippen molar-refractivity contribution in [2.75, 3.05) is 6.26 Å². The minimum atomic E-state index is -4.64. The van der Waals surface area contributed by atoms with Crippen LogP contribution in [0.5, 0.6) is 5.75 Å². The molecule has 0 fully saturated rings. The van der Waals surface area contributed by atoms with Crippen molar-refractivity contribution in [1.29, 1.82) is 0 Å². The van der Waals surface area contributed by atoms with Crippen LogP contribution in [0.4, 0.5) is 13.2 Å². The number of benzene rings is 2. The monoisotopic (exact) mass is 509 g/mol. The van der Waals surface area contributed by atoms with E-state index in [9.17, 15) is 26.4 Å². The number of alkyl halides is 3. The van der Waals surface area contributed by atoms with E-state index in [4.69, 9.17) is 4.74 Å². The van der Waals surface area contributed by atoms with E-state index in [2.05, 4.69) is 0 Å². The van der Waals surface area contributed by atoms with Crippen LogP contribution in [0.1, 0.15) is 34.0 Å². The van der Waals surface area contributed by atoms with E-state index in [-0.39, 0.29) is 29.3 Å². The number of halogens is 3. The number of fused-ring (bicyclic) bond motifs is 1. The molecule has 10 heteroatoms. The standard InChI is InChI=1S/C24H22F3NO4S2/c1-14-8-9-33-22(14)16-4-5-17-12-28(13-18(17)10-16)23(29)20-11-19(34(3,30)31)6-7-21(20)32-15(2)24(25,26)27/h4-11,15H,12-13H2,1-3H3/t15-/m0/s1. The van der Waals surface area contributed by atoms with Crippen molar-refractivity contribution >= 4 is 27.1 Å². The fourth-order valence-corrected chi connectivity index (χ4v) is 5.36. The molecule has 0 saturated heterocycles. The predicted octanol–water partition coefficient (Wildman–Crippen LogP) is 5.61. The Bertz CT molecular complexity index is 1360. The fraction of sp³-hybridized carbons (Fsp3) is 0.292. The van der Waals surface area contributed by atoms with E-state index in [1.165, 1.54) is 4.90 Å². The van der Waals surface area contributed by atoms with E-state index in [1.807, 2.05) is 36.6 Å². The first-order valence-corrected chi connectivity index (χ1v) is 13.1. The van der Waals surface area contributed by atoms with Crippen molar-refractivity contribution in [3.8, 4) is 16.2 Å². The minimum absolute atomic E-state index is 0.171. The van der Waals surface area contributed by atoms with Gasteiger partial charge in [-0.15, -0.1) is 11.3 Å². The number of aryl methyl sites for hydroxylation is 1. The average Bonchev–Trinajstić information content (AvgIpc) is 3.37. The molecule has 5 nitrogen and oxygen atoms in total. The summed E-state index contributed by atoms with van der Waals surface area (Å²) in [7, 11) is -3.69. The van der Waals surface area contributed by atoms with Gasteiger partial charge in [0, 0.05) is 24.2 Å². The molecule has 1 aliphatic rings. The molecular formula is C24H22F3NO4S2. The first-order valence-electron chi connectivity index (χ1n) is 10.4. The van der Waals surface area contributed by atoms with Gasteiger partial charge in [-0.3, -0.25) is 4.79 Å². The maximum Gasteiger partial charge on any atom is 0.425 e. The molecule has 0 aliphatic carbocycles. The first kappa shape index (κ1) is 24.3. The van der Waals surface area contributed by atoms with Crippen molar-refractivity contribution in [2.24, 2.45) is 0 Å². The summed E-state index contributed by atoms with van der Waals surface area (Å²) in [5, 5.41) is 2.01. The highest BCUT2D eigenvalue weighted by atomic mass is 32.2. The summed E-state index contributed by atoms with van der Waals surface area (Å²) in [6.07, 6.45) is -5.85. The molecule has 0 spiro atoms. The molecule has 0 bridgehead atoms. The Labute approximate surface area is 199 Å². The lowest BCUT2D eigenvalue weighted by atomic mass is 10.0. The number of amides is 1. The Morgan fingerprint density at radius 1 is 1.09 bits per heavy atom. The van der Waals surface area contributed by atoms with E-state index in [0.717, 1.165) is 58.5 Å². The van der Waals surface area contributed by atoms with Gasteiger partial charge in [0.2, 0.25) is 0 Å². The summed E-state index contributed by atoms with van der Waals surface area (Å²) in [6.45, 7) is 3.37. The van der Waals surface area contributed by atoms with Crippen molar-refractivity contribution in [3.63, 3.8) is 0 Å². The maximum absolute atomic E-state index is 13.4. The van der Waals surface area contributed by atoms with Gasteiger partial charge in [-0.2, -0.15) is 13.2 Å². The van der Waals surface area contributed by atoms with Crippen LogP contribution in [-0.4, -0.2) is 37.8 Å². The third kappa shape index (κ3) is 4.83. The third-order valence-corrected chi connectivity index (χ3v) is 7.89. The molecular weight excluding hydrogens is 487 g/mol. The van der Waals surface area contributed by atoms with Gasteiger partial charge in [-0.1, -0.05) is 12.1 Å². The van der Waals surface area contributed by atoms with Crippen LogP contribution in [0, 0.1) is 6.92 Å². The van der Waals surface area contributed by atoms with Gasteiger partial charge in [0.15, 0.2) is 15.9 Å². The Hall–Kier alpha value is -2.85. The second kappa shape index (κ2) is 8.74. The zero-order valence-electron chi connectivity index (χ0n) is 18.6. The highest BCUT2D eigenvalue weighted by Crippen LogP contribution is 2.35. The fourth-order valence-electron chi connectivity index (χ4n) is 3.79. The maximum atomic E-state index is 13.4. The van der Waals surface area contributed by atoms with Crippen LogP contribution >= 0.6 is 11.3 Å². The van der Waals surface area contributed by atoms with Gasteiger partial charge in [-0.05, 0) is 71.8 Å². The SMILES string of the molecule is Cc1ccsc1-c1ccc2c(c1)CN(C(=O)c1cc(S(C)(=O)=O)ccc1O[C@@H](C)C(F)(F)F)C2. The molecule has 180 valence electrons. The van der Waals surface area contributed by atoms with Gasteiger partial charge in [0.25, 0.3) is 5.91 Å². The van der Waals surface area contributed by atoms with Gasteiger partial charge in [0.05, 0.1) is 10.5 Å². The molecule has 1 aromatic heterocycles. The molecule has 0 N–H and O–H groups in total. The van der Waals surface area contributed by atoms with Crippen LogP contribution in [-0.2, 0) is 22.9 Å². The highest BCUT2D eigenvalue weighted by molar-refractivity contribution is 7.90. The van der Waals surface area contributed by atoms with Gasteiger partial charge >= 0.3 is 6.18 Å². The molecule has 1 amide bonds. The number of hydrogen-bond donors (Lipinski definition) is 0. The summed E-state index contributed by atoms with van der Waals surface area (Å²) in [5.74, 6) is -0.909. The molecule has 2 heterocycles. The second-order valence-corrected chi connectivity index (χ2v) is 11.2. The van der Waals surface area contributed by atoms with Crippen LogP contribution in [0.25, 0.3) is 10.4 Å². The minimum Gasteiger partial charge on any atom is -0.480 e. The third-order valence-electron chi connectivity index (χ3n) is 5.71. The van der Waals surface area contributed by atoms with Crippen LogP contribution in [0.3, 0.4) is 0 Å². The lowest BCUT2D eigenvalue weighted by Gasteiger charge is -2.22. The number of ether oxygens (including phenoxy) is 1. The molecule has 1 atom stereocenters. The Morgan fingerprint density at radius 3 is 2.41 bits per heavy atom. The summed E-state index contributed by atoms with van der Waals surface area (Å²) < 4.78 is 68.4. The van der Waals surface area contributed by atoms with Crippen molar-refractivity contribution in [3.05, 3.63) is 70.1 Å². The Kier molecular flexibility index (Phi) is 6.24. The second-order valence-electron chi connectivity index (χ2n) is 8.31. The van der Waals surface area contributed by atoms with Gasteiger partial charge < -0.3 is 9.64 Å². The quantitative estimate of drug-likeness (QED) is 0.448. The lowest BCUT2D eigenvalue weighted by Crippen LogP contribution is -2.32. The molecule has 0 radical (unpaired) electrons.